The molecule has 0 saturated heterocycles. The summed E-state index contributed by atoms with van der Waals surface area (Å²) in [6.07, 6.45) is -15.3. The Hall–Kier alpha value is -2.39. The quantitative estimate of drug-likeness (QED) is 0.559. The molecule has 0 fully saturated rings. The van der Waals surface area contributed by atoms with Gasteiger partial charge in [0.25, 0.3) is 0 Å². The summed E-state index contributed by atoms with van der Waals surface area (Å²) in [7, 11) is 0. The fraction of sp³-hybridized carbons (Fsp3) is 0.200. The Kier molecular flexibility index (Phi) is 4.67. The van der Waals surface area contributed by atoms with Crippen molar-refractivity contribution in [3.8, 4) is 11.5 Å². The van der Waals surface area contributed by atoms with Crippen molar-refractivity contribution in [1.82, 2.24) is 0 Å². The molecule has 0 heterocycles. The molecule has 0 spiro atoms. The minimum Gasteiger partial charge on any atom is -0.455 e. The van der Waals surface area contributed by atoms with Gasteiger partial charge in [0, 0.05) is 6.07 Å². The highest BCUT2D eigenvalue weighted by atomic mass is 19.4. The predicted octanol–water partition coefficient (Wildman–Crippen LogP) is 6.34. The van der Waals surface area contributed by atoms with Crippen molar-refractivity contribution in [3.05, 3.63) is 59.2 Å². The van der Waals surface area contributed by atoms with Gasteiger partial charge in [-0.25, -0.2) is 0 Å². The highest BCUT2D eigenvalue weighted by Gasteiger charge is 2.40. The summed E-state index contributed by atoms with van der Waals surface area (Å²) in [6.45, 7) is 0. The van der Waals surface area contributed by atoms with E-state index >= 15 is 0 Å². The molecule has 25 heavy (non-hydrogen) atoms. The van der Waals surface area contributed by atoms with E-state index in [2.05, 4.69) is 4.74 Å². The fourth-order valence-corrected chi connectivity index (χ4v) is 1.86. The summed E-state index contributed by atoms with van der Waals surface area (Å²) in [5.41, 5.74) is -4.88. The molecule has 0 saturated carbocycles. The van der Waals surface area contributed by atoms with Crippen molar-refractivity contribution in [1.29, 1.82) is 0 Å². The highest BCUT2D eigenvalue weighted by molar-refractivity contribution is 5.45. The maximum Gasteiger partial charge on any atom is 0.420 e. The molecule has 0 aliphatic heterocycles. The van der Waals surface area contributed by atoms with Crippen molar-refractivity contribution in [2.45, 2.75) is 18.5 Å². The number of hydrogen-bond donors (Lipinski definition) is 0. The normalized spacial score (nSPS) is 13.0. The van der Waals surface area contributed by atoms with Crippen LogP contribution in [0, 0.1) is 6.07 Å². The minimum absolute atomic E-state index is 0.231. The Morgan fingerprint density at radius 2 is 1.32 bits per heavy atom. The van der Waals surface area contributed by atoms with Gasteiger partial charge in [0.2, 0.25) is 0 Å². The zero-order chi connectivity index (χ0) is 19.0. The van der Waals surface area contributed by atoms with Gasteiger partial charge < -0.3 is 4.74 Å². The lowest BCUT2D eigenvalue weighted by Gasteiger charge is -2.18. The van der Waals surface area contributed by atoms with Crippen LogP contribution in [0.3, 0.4) is 0 Å². The molecule has 2 aromatic carbocycles. The summed E-state index contributed by atoms with van der Waals surface area (Å²) >= 11 is 0. The molecule has 0 bridgehead atoms. The van der Waals surface area contributed by atoms with Crippen molar-refractivity contribution < 1.29 is 44.3 Å². The topological polar surface area (TPSA) is 9.23 Å². The van der Waals surface area contributed by atoms with E-state index in [1.54, 1.807) is 0 Å². The SMILES string of the molecule is FC(F)(F)c1ccc(Oc2[c]cccc2C(F)(F)F)c(C(F)(F)F)c1. The summed E-state index contributed by atoms with van der Waals surface area (Å²) in [6, 6.07) is 4.79. The first-order valence-corrected chi connectivity index (χ1v) is 6.34. The third-order valence-electron chi connectivity index (χ3n) is 2.95. The van der Waals surface area contributed by atoms with Crippen LogP contribution in [-0.4, -0.2) is 0 Å². The standard InChI is InChI=1S/C15H6F9O/c16-13(17,18)8-5-6-12(10(7-8)15(22,23)24)25-11-4-2-1-3-9(11)14(19,20)21/h1-3,5-7H. The highest BCUT2D eigenvalue weighted by Crippen LogP contribution is 2.43. The molecule has 0 N–H and O–H groups in total. The lowest BCUT2D eigenvalue weighted by atomic mass is 10.1. The van der Waals surface area contributed by atoms with Crippen LogP contribution in [-0.2, 0) is 18.5 Å². The smallest absolute Gasteiger partial charge is 0.420 e. The predicted molar refractivity (Wildman–Crippen MR) is 66.8 cm³/mol. The average molecular weight is 373 g/mol. The molecule has 135 valence electrons. The number of benzene rings is 2. The molecule has 0 unspecified atom stereocenters. The van der Waals surface area contributed by atoms with E-state index in [1.165, 1.54) is 0 Å². The van der Waals surface area contributed by atoms with Gasteiger partial charge in [-0.3, -0.25) is 0 Å². The van der Waals surface area contributed by atoms with E-state index in [9.17, 15) is 39.5 Å². The van der Waals surface area contributed by atoms with E-state index in [0.29, 0.717) is 12.1 Å². The lowest BCUT2D eigenvalue weighted by Crippen LogP contribution is -2.13. The van der Waals surface area contributed by atoms with Gasteiger partial charge in [-0.15, -0.1) is 0 Å². The van der Waals surface area contributed by atoms with Crippen LogP contribution in [0.25, 0.3) is 0 Å². The number of hydrogen-bond acceptors (Lipinski definition) is 1. The molecular formula is C15H6F9O. The fourth-order valence-electron chi connectivity index (χ4n) is 1.86. The Morgan fingerprint density at radius 3 is 1.84 bits per heavy atom. The van der Waals surface area contributed by atoms with Crippen molar-refractivity contribution in [2.75, 3.05) is 0 Å². The molecular weight excluding hydrogens is 367 g/mol. The van der Waals surface area contributed by atoms with Gasteiger partial charge in [0.15, 0.2) is 0 Å². The first-order valence-electron chi connectivity index (χ1n) is 6.34. The second-order valence-corrected chi connectivity index (χ2v) is 4.72. The van der Waals surface area contributed by atoms with E-state index in [0.717, 1.165) is 12.1 Å². The maximum absolute atomic E-state index is 13.0. The van der Waals surface area contributed by atoms with Crippen molar-refractivity contribution >= 4 is 0 Å². The van der Waals surface area contributed by atoms with Crippen LogP contribution >= 0.6 is 0 Å². The zero-order valence-corrected chi connectivity index (χ0v) is 11.8. The number of halogens is 9. The maximum atomic E-state index is 13.0. The van der Waals surface area contributed by atoms with Crippen LogP contribution in [0.4, 0.5) is 39.5 Å². The summed E-state index contributed by atoms with van der Waals surface area (Å²) in [5.74, 6) is -2.28. The average Bonchev–Trinajstić information content (AvgIpc) is 2.44. The van der Waals surface area contributed by atoms with Gasteiger partial charge in [-0.05, 0) is 24.3 Å². The van der Waals surface area contributed by atoms with Crippen molar-refractivity contribution in [3.63, 3.8) is 0 Å². The third kappa shape index (κ3) is 4.37. The van der Waals surface area contributed by atoms with Gasteiger partial charge >= 0.3 is 18.5 Å². The first-order chi connectivity index (χ1) is 11.3. The summed E-state index contributed by atoms with van der Waals surface area (Å²) in [4.78, 5) is 0. The van der Waals surface area contributed by atoms with Crippen LogP contribution in [0.15, 0.2) is 36.4 Å². The van der Waals surface area contributed by atoms with E-state index < -0.39 is 46.7 Å². The third-order valence-corrected chi connectivity index (χ3v) is 2.95. The van der Waals surface area contributed by atoms with Gasteiger partial charge in [-0.1, -0.05) is 12.1 Å². The molecule has 0 aliphatic carbocycles. The minimum atomic E-state index is -5.27. The molecule has 2 rings (SSSR count). The molecule has 0 aliphatic rings. The monoisotopic (exact) mass is 373 g/mol. The van der Waals surface area contributed by atoms with E-state index in [1.807, 2.05) is 6.07 Å². The molecule has 10 heteroatoms. The van der Waals surface area contributed by atoms with Crippen molar-refractivity contribution in [2.24, 2.45) is 0 Å². The first kappa shape index (κ1) is 18.9. The molecule has 0 aromatic heterocycles. The van der Waals surface area contributed by atoms with Gasteiger partial charge in [-0.2, -0.15) is 39.5 Å². The molecule has 2 aromatic rings. The Morgan fingerprint density at radius 1 is 0.720 bits per heavy atom. The van der Waals surface area contributed by atoms with E-state index in [4.69, 9.17) is 0 Å². The summed E-state index contributed by atoms with van der Waals surface area (Å²) < 4.78 is 120. The second kappa shape index (κ2) is 6.16. The largest absolute Gasteiger partial charge is 0.455 e. The number of alkyl halides is 9. The second-order valence-electron chi connectivity index (χ2n) is 4.72. The lowest BCUT2D eigenvalue weighted by molar-refractivity contribution is -0.143. The molecule has 0 atom stereocenters. The zero-order valence-electron chi connectivity index (χ0n) is 11.8. The van der Waals surface area contributed by atoms with Crippen LogP contribution in [0.2, 0.25) is 0 Å². The Balaban J connectivity index is 2.55. The van der Waals surface area contributed by atoms with E-state index in [-0.39, 0.29) is 12.1 Å². The van der Waals surface area contributed by atoms with Crippen LogP contribution < -0.4 is 4.74 Å². The Labute approximate surface area is 134 Å². The molecule has 0 amide bonds. The van der Waals surface area contributed by atoms with Crippen LogP contribution in [0.1, 0.15) is 16.7 Å². The summed E-state index contributed by atoms with van der Waals surface area (Å²) in [5, 5.41) is 0. The Bertz CT molecular complexity index is 757. The van der Waals surface area contributed by atoms with Gasteiger partial charge in [0.1, 0.15) is 11.5 Å². The van der Waals surface area contributed by atoms with Crippen LogP contribution in [0.5, 0.6) is 11.5 Å². The molecule has 1 nitrogen and oxygen atoms in total. The number of rotatable bonds is 2. The van der Waals surface area contributed by atoms with Gasteiger partial charge in [0.05, 0.1) is 16.7 Å². The number of para-hydroxylation sites is 1. The molecule has 1 radical (unpaired) electrons. The number of ether oxygens (including phenoxy) is 1.